The van der Waals surface area contributed by atoms with Gasteiger partial charge in [-0.1, -0.05) is 30.3 Å². The maximum absolute atomic E-state index is 9.69. The average Bonchev–Trinajstić information content (AvgIpc) is 2.76. The van der Waals surface area contributed by atoms with Gasteiger partial charge >= 0.3 is 5.71 Å². The van der Waals surface area contributed by atoms with Crippen molar-refractivity contribution in [2.24, 2.45) is 0 Å². The van der Waals surface area contributed by atoms with Crippen molar-refractivity contribution < 1.29 is 4.79 Å². The number of nitrogens with zero attached hydrogens (tertiary/aromatic N) is 5. The van der Waals surface area contributed by atoms with Crippen molar-refractivity contribution in [3.05, 3.63) is 108 Å². The minimum absolute atomic E-state index is 0.465. The average molecular weight is 349 g/mol. The van der Waals surface area contributed by atoms with E-state index in [2.05, 4.69) is 14.8 Å². The van der Waals surface area contributed by atoms with Crippen LogP contribution in [-0.4, -0.2) is 25.5 Å². The van der Waals surface area contributed by atoms with Gasteiger partial charge in [-0.25, -0.2) is 4.98 Å². The summed E-state index contributed by atoms with van der Waals surface area (Å²) in [5, 5.41) is 0. The molecule has 0 aliphatic heterocycles. The van der Waals surface area contributed by atoms with Crippen LogP contribution in [0.3, 0.4) is 0 Å². The van der Waals surface area contributed by atoms with Gasteiger partial charge in [-0.15, -0.1) is 0 Å². The van der Waals surface area contributed by atoms with Crippen LogP contribution in [0.4, 0.5) is 0 Å². The summed E-state index contributed by atoms with van der Waals surface area (Å²) >= 11 is 0. The van der Waals surface area contributed by atoms with Crippen LogP contribution in [0.5, 0.6) is 0 Å². The predicted octanol–water partition coefficient (Wildman–Crippen LogP) is 4.27. The van der Waals surface area contributed by atoms with Gasteiger partial charge in [0, 0.05) is 12.4 Å². The number of hydrogen-bond donors (Lipinski definition) is 0. The molecule has 0 unspecified atom stereocenters. The zero-order valence-corrected chi connectivity index (χ0v) is 14.4. The molecular weight excluding hydrogens is 334 g/mol. The van der Waals surface area contributed by atoms with Crippen LogP contribution >= 0.6 is 0 Å². The molecule has 0 fully saturated rings. The highest BCUT2D eigenvalue weighted by Crippen LogP contribution is 2.24. The molecule has 4 rings (SSSR count). The van der Waals surface area contributed by atoms with E-state index in [1.54, 1.807) is 12.4 Å². The summed E-state index contributed by atoms with van der Waals surface area (Å²) in [7, 11) is 0. The Hall–Kier alpha value is -3.95. The maximum atomic E-state index is 9.69. The van der Waals surface area contributed by atoms with E-state index in [-0.39, 0.29) is 0 Å². The Labute approximate surface area is 156 Å². The highest BCUT2D eigenvalue weighted by molar-refractivity contribution is 6.10. The molecule has 0 spiro atoms. The largest absolute Gasteiger partial charge is 0.361 e. The lowest BCUT2D eigenvalue weighted by Crippen LogP contribution is -2.06. The summed E-state index contributed by atoms with van der Waals surface area (Å²) in [5.74, 6) is 0. The highest BCUT2D eigenvalue weighted by Gasteiger charge is 2.19. The molecule has 0 bridgehead atoms. The maximum Gasteiger partial charge on any atom is 0.329 e. The number of benzene rings is 1. The summed E-state index contributed by atoms with van der Waals surface area (Å²) in [4.78, 5) is 17.1. The molecule has 0 aliphatic carbocycles. The second-order valence-corrected chi connectivity index (χ2v) is 5.87. The second-order valence-electron chi connectivity index (χ2n) is 5.87. The summed E-state index contributed by atoms with van der Waals surface area (Å²) in [6.07, 6.45) is 3.45. The minimum atomic E-state index is 0.465. The molecule has 1 aromatic carbocycles. The van der Waals surface area contributed by atoms with Crippen molar-refractivity contribution in [3.63, 3.8) is 0 Å². The smallest absolute Gasteiger partial charge is 0.329 e. The first-order valence-corrected chi connectivity index (χ1v) is 8.48. The molecule has 4 aromatic rings. The van der Waals surface area contributed by atoms with Crippen LogP contribution in [0, 0.1) is 0 Å². The minimum Gasteiger partial charge on any atom is -0.361 e. The van der Waals surface area contributed by atoms with Gasteiger partial charge in [0.2, 0.25) is 0 Å². The van der Waals surface area contributed by atoms with E-state index in [9.17, 15) is 5.53 Å². The Morgan fingerprint density at radius 2 is 1.19 bits per heavy atom. The SMILES string of the molecule is [N-]=[N+]=C(c1ccccc1)c1cc(-c2ccccn2)nc(-c2ccccn2)c1. The van der Waals surface area contributed by atoms with Gasteiger partial charge < -0.3 is 5.53 Å². The molecule has 0 aliphatic rings. The lowest BCUT2D eigenvalue weighted by molar-refractivity contribution is -0.00279. The number of pyridine rings is 3. The number of rotatable bonds is 4. The molecule has 3 aromatic heterocycles. The van der Waals surface area contributed by atoms with Crippen LogP contribution in [0.2, 0.25) is 0 Å². The molecule has 0 saturated heterocycles. The van der Waals surface area contributed by atoms with E-state index in [0.29, 0.717) is 17.1 Å². The third-order valence-corrected chi connectivity index (χ3v) is 4.10. The van der Waals surface area contributed by atoms with E-state index in [4.69, 9.17) is 4.98 Å². The van der Waals surface area contributed by atoms with Crippen LogP contribution in [0.25, 0.3) is 28.3 Å². The van der Waals surface area contributed by atoms with Gasteiger partial charge in [-0.05, 0) is 48.5 Å². The van der Waals surface area contributed by atoms with E-state index in [1.807, 2.05) is 78.9 Å². The summed E-state index contributed by atoms with van der Waals surface area (Å²) in [5.41, 5.74) is 14.6. The Morgan fingerprint density at radius 3 is 1.67 bits per heavy atom. The Kier molecular flexibility index (Phi) is 4.60. The van der Waals surface area contributed by atoms with Crippen molar-refractivity contribution in [2.45, 2.75) is 0 Å². The molecule has 0 amide bonds. The second kappa shape index (κ2) is 7.52. The van der Waals surface area contributed by atoms with Gasteiger partial charge in [0.15, 0.2) is 0 Å². The van der Waals surface area contributed by atoms with Gasteiger partial charge in [0.25, 0.3) is 0 Å². The molecular formula is C22H15N5. The fourth-order valence-corrected chi connectivity index (χ4v) is 2.84. The lowest BCUT2D eigenvalue weighted by atomic mass is 10.0. The third-order valence-electron chi connectivity index (χ3n) is 4.10. The molecule has 0 saturated carbocycles. The van der Waals surface area contributed by atoms with Crippen LogP contribution < -0.4 is 0 Å². The predicted molar refractivity (Wildman–Crippen MR) is 104 cm³/mol. The molecule has 3 heterocycles. The number of hydrogen-bond acceptors (Lipinski definition) is 3. The molecule has 0 atom stereocenters. The van der Waals surface area contributed by atoms with Crippen LogP contribution in [0.1, 0.15) is 11.1 Å². The highest BCUT2D eigenvalue weighted by atomic mass is 14.9. The van der Waals surface area contributed by atoms with E-state index >= 15 is 0 Å². The number of aromatic nitrogens is 3. The van der Waals surface area contributed by atoms with Gasteiger partial charge in [-0.2, -0.15) is 4.79 Å². The van der Waals surface area contributed by atoms with Crippen molar-refractivity contribution in [2.75, 3.05) is 0 Å². The fourth-order valence-electron chi connectivity index (χ4n) is 2.84. The molecule has 5 heteroatoms. The van der Waals surface area contributed by atoms with Gasteiger partial charge in [0.1, 0.15) is 0 Å². The first kappa shape index (κ1) is 16.5. The van der Waals surface area contributed by atoms with Crippen molar-refractivity contribution in [1.82, 2.24) is 15.0 Å². The zero-order valence-electron chi connectivity index (χ0n) is 14.4. The normalized spacial score (nSPS) is 10.2. The fraction of sp³-hybridized carbons (Fsp3) is 0. The zero-order chi connectivity index (χ0) is 18.5. The lowest BCUT2D eigenvalue weighted by Gasteiger charge is -2.07. The Morgan fingerprint density at radius 1 is 0.630 bits per heavy atom. The summed E-state index contributed by atoms with van der Waals surface area (Å²) in [6, 6.07) is 24.6. The van der Waals surface area contributed by atoms with Gasteiger partial charge in [0.05, 0.1) is 33.9 Å². The summed E-state index contributed by atoms with van der Waals surface area (Å²) in [6.45, 7) is 0. The third kappa shape index (κ3) is 3.54. The van der Waals surface area contributed by atoms with Crippen LogP contribution in [0.15, 0.2) is 91.3 Å². The van der Waals surface area contributed by atoms with E-state index in [1.165, 1.54) is 0 Å². The standard InChI is InChI=1S/C22H15N5/c23-27-22(16-8-2-1-3-9-16)17-14-20(18-10-4-6-12-24-18)26-21(15-17)19-11-5-7-13-25-19/h1-15H. The molecule has 128 valence electrons. The van der Waals surface area contributed by atoms with Crippen molar-refractivity contribution in [3.8, 4) is 22.8 Å². The monoisotopic (exact) mass is 349 g/mol. The Bertz CT molecular complexity index is 1050. The molecule has 5 nitrogen and oxygen atoms in total. The van der Waals surface area contributed by atoms with E-state index in [0.717, 1.165) is 22.5 Å². The van der Waals surface area contributed by atoms with Crippen molar-refractivity contribution >= 4 is 5.71 Å². The first-order chi connectivity index (χ1) is 13.3. The topological polar surface area (TPSA) is 75.1 Å². The van der Waals surface area contributed by atoms with Gasteiger partial charge in [-0.3, -0.25) is 9.97 Å². The first-order valence-electron chi connectivity index (χ1n) is 8.48. The quantitative estimate of drug-likeness (QED) is 0.314. The van der Waals surface area contributed by atoms with E-state index < -0.39 is 0 Å². The molecule has 0 radical (unpaired) electrons. The molecule has 0 N–H and O–H groups in total. The van der Waals surface area contributed by atoms with Crippen molar-refractivity contribution in [1.29, 1.82) is 0 Å². The molecule has 27 heavy (non-hydrogen) atoms. The Balaban J connectivity index is 1.92. The summed E-state index contributed by atoms with van der Waals surface area (Å²) < 4.78 is 0. The van der Waals surface area contributed by atoms with Crippen LogP contribution in [-0.2, 0) is 0 Å².